The van der Waals surface area contributed by atoms with E-state index in [0.29, 0.717) is 0 Å². The van der Waals surface area contributed by atoms with Gasteiger partial charge in [0, 0.05) is 66.1 Å². The lowest BCUT2D eigenvalue weighted by Crippen LogP contribution is -1.97. The summed E-state index contributed by atoms with van der Waals surface area (Å²) in [6.45, 7) is 8.58. The zero-order valence-corrected chi connectivity index (χ0v) is 41.1. The molecular formula is C68H49N5. The molecule has 0 saturated heterocycles. The first-order chi connectivity index (χ1) is 35.8. The molecule has 4 heterocycles. The number of hydrogen-bond acceptors (Lipinski definition) is 2. The van der Waals surface area contributed by atoms with Crippen molar-refractivity contribution in [3.63, 3.8) is 0 Å². The fourth-order valence-corrected chi connectivity index (χ4v) is 11.4. The zero-order chi connectivity index (χ0) is 48.9. The molecule has 5 nitrogen and oxygen atoms in total. The van der Waals surface area contributed by atoms with E-state index in [1.165, 1.54) is 76.6 Å². The molecule has 0 saturated carbocycles. The normalized spacial score (nSPS) is 11.8. The average Bonchev–Trinajstić information content (AvgIpc) is 4.06. The maximum Gasteiger partial charge on any atom is 0.160 e. The number of aromatic nitrogens is 5. The van der Waals surface area contributed by atoms with Crippen LogP contribution in [-0.4, -0.2) is 23.7 Å². The second-order valence-corrected chi connectivity index (χ2v) is 19.8. The third-order valence-corrected chi connectivity index (χ3v) is 14.9. The second-order valence-electron chi connectivity index (χ2n) is 19.8. The van der Waals surface area contributed by atoms with Crippen LogP contribution in [0, 0.1) is 27.7 Å². The summed E-state index contributed by atoms with van der Waals surface area (Å²) in [6, 6.07) is 82.1. The van der Waals surface area contributed by atoms with Crippen molar-refractivity contribution >= 4 is 65.4 Å². The van der Waals surface area contributed by atoms with E-state index in [0.717, 1.165) is 73.1 Å². The number of nitrogens with zero attached hydrogens (tertiary/aromatic N) is 5. The molecular weight excluding hydrogens is 887 g/mol. The molecule has 14 aromatic rings. The smallest absolute Gasteiger partial charge is 0.160 e. The van der Waals surface area contributed by atoms with Gasteiger partial charge in [0.05, 0.1) is 44.5 Å². The average molecular weight is 936 g/mol. The summed E-state index contributed by atoms with van der Waals surface area (Å²) in [6.07, 6.45) is 0. The zero-order valence-electron chi connectivity index (χ0n) is 41.1. The Morgan fingerprint density at radius 3 is 1.16 bits per heavy atom. The fraction of sp³-hybridized carbons (Fsp3) is 0.0588. The van der Waals surface area contributed by atoms with Gasteiger partial charge in [-0.15, -0.1) is 0 Å². The molecule has 0 radical (unpaired) electrons. The summed E-state index contributed by atoms with van der Waals surface area (Å²) in [7, 11) is 0. The Morgan fingerprint density at radius 1 is 0.247 bits per heavy atom. The van der Waals surface area contributed by atoms with Crippen molar-refractivity contribution in [2.75, 3.05) is 0 Å². The molecule has 10 aromatic carbocycles. The second kappa shape index (κ2) is 16.6. The molecule has 0 atom stereocenters. The molecule has 4 aromatic heterocycles. The highest BCUT2D eigenvalue weighted by molar-refractivity contribution is 6.14. The van der Waals surface area contributed by atoms with E-state index in [9.17, 15) is 0 Å². The summed E-state index contributed by atoms with van der Waals surface area (Å²) >= 11 is 0. The number of aryl methyl sites for hydroxylation is 4. The first-order valence-corrected chi connectivity index (χ1v) is 25.1. The van der Waals surface area contributed by atoms with Gasteiger partial charge >= 0.3 is 0 Å². The van der Waals surface area contributed by atoms with Crippen LogP contribution in [0.25, 0.3) is 128 Å². The van der Waals surface area contributed by atoms with Gasteiger partial charge in [0.2, 0.25) is 0 Å². The van der Waals surface area contributed by atoms with Crippen LogP contribution in [0.4, 0.5) is 0 Å². The van der Waals surface area contributed by atoms with Crippen molar-refractivity contribution in [2.45, 2.75) is 27.7 Å². The highest BCUT2D eigenvalue weighted by Gasteiger charge is 2.20. The Morgan fingerprint density at radius 2 is 0.630 bits per heavy atom. The van der Waals surface area contributed by atoms with Gasteiger partial charge in [-0.1, -0.05) is 144 Å². The first-order valence-electron chi connectivity index (χ1n) is 25.1. The third kappa shape index (κ3) is 7.07. The minimum Gasteiger partial charge on any atom is -0.309 e. The summed E-state index contributed by atoms with van der Waals surface area (Å²) in [4.78, 5) is 10.2. The van der Waals surface area contributed by atoms with Crippen LogP contribution in [0.2, 0.25) is 0 Å². The molecule has 346 valence electrons. The number of fused-ring (bicyclic) bond motifs is 9. The van der Waals surface area contributed by atoms with E-state index in [-0.39, 0.29) is 0 Å². The predicted octanol–water partition coefficient (Wildman–Crippen LogP) is 17.7. The summed E-state index contributed by atoms with van der Waals surface area (Å²) in [5, 5.41) is 7.45. The molecule has 0 unspecified atom stereocenters. The molecule has 0 aliphatic rings. The third-order valence-electron chi connectivity index (χ3n) is 14.9. The van der Waals surface area contributed by atoms with E-state index in [4.69, 9.17) is 9.97 Å². The van der Waals surface area contributed by atoms with Gasteiger partial charge in [-0.2, -0.15) is 0 Å². The van der Waals surface area contributed by atoms with Gasteiger partial charge in [0.25, 0.3) is 0 Å². The van der Waals surface area contributed by atoms with Crippen LogP contribution in [0.3, 0.4) is 0 Å². The number of rotatable bonds is 7. The van der Waals surface area contributed by atoms with Gasteiger partial charge in [-0.05, 0) is 142 Å². The summed E-state index contributed by atoms with van der Waals surface area (Å²) in [5.74, 6) is 0.721. The van der Waals surface area contributed by atoms with Gasteiger partial charge in [-0.3, -0.25) is 0 Å². The molecule has 0 amide bonds. The molecule has 0 aliphatic heterocycles. The lowest BCUT2D eigenvalue weighted by molar-refractivity contribution is 1.16. The van der Waals surface area contributed by atoms with Gasteiger partial charge in [0.15, 0.2) is 5.82 Å². The molecule has 14 rings (SSSR count). The number of para-hydroxylation sites is 2. The van der Waals surface area contributed by atoms with Crippen LogP contribution in [0.5, 0.6) is 0 Å². The van der Waals surface area contributed by atoms with E-state index in [2.05, 4.69) is 266 Å². The molecule has 5 heteroatoms. The van der Waals surface area contributed by atoms with Crippen molar-refractivity contribution in [2.24, 2.45) is 0 Å². The van der Waals surface area contributed by atoms with Crippen LogP contribution in [-0.2, 0) is 0 Å². The first kappa shape index (κ1) is 42.5. The van der Waals surface area contributed by atoms with E-state index >= 15 is 0 Å². The Hall–Kier alpha value is -9.32. The van der Waals surface area contributed by atoms with Crippen LogP contribution in [0.15, 0.2) is 224 Å². The Bertz CT molecular complexity index is 4290. The molecule has 0 bridgehead atoms. The predicted molar refractivity (Wildman–Crippen MR) is 306 cm³/mol. The van der Waals surface area contributed by atoms with E-state index in [1.807, 2.05) is 0 Å². The minimum atomic E-state index is 0.721. The van der Waals surface area contributed by atoms with Gasteiger partial charge in [-0.25, -0.2) is 9.97 Å². The standard InChI is InChI=1S/C68H49N5/c1-42-11-9-13-49(35-42)61-41-60(69-68(70-61)50-14-10-12-43(2)36-50)48-23-21-46(22-24-48)47-25-27-51(28-26-47)71-66-33-29-52(72-62-17-7-5-15-54(62)56-37-44(3)19-31-64(56)72)39-58(66)59-40-53(30-34-67(59)71)73-63-18-8-6-16-55(63)57-38-45(4)20-32-65(57)73/h5-41H,1-4H3. The summed E-state index contributed by atoms with van der Waals surface area (Å²) < 4.78 is 7.30. The van der Waals surface area contributed by atoms with Crippen LogP contribution in [0.1, 0.15) is 22.3 Å². The Kier molecular flexibility index (Phi) is 9.70. The fourth-order valence-electron chi connectivity index (χ4n) is 11.4. The lowest BCUT2D eigenvalue weighted by atomic mass is 10.0. The van der Waals surface area contributed by atoms with Crippen molar-refractivity contribution < 1.29 is 0 Å². The monoisotopic (exact) mass is 935 g/mol. The molecule has 0 fully saturated rings. The summed E-state index contributed by atoms with van der Waals surface area (Å²) in [5.41, 5.74) is 22.6. The Balaban J connectivity index is 0.891. The van der Waals surface area contributed by atoms with Crippen molar-refractivity contribution in [1.82, 2.24) is 23.7 Å². The van der Waals surface area contributed by atoms with Crippen LogP contribution >= 0.6 is 0 Å². The van der Waals surface area contributed by atoms with Crippen molar-refractivity contribution in [3.8, 4) is 62.1 Å². The van der Waals surface area contributed by atoms with Gasteiger partial charge < -0.3 is 13.7 Å². The highest BCUT2D eigenvalue weighted by Crippen LogP contribution is 2.40. The molecule has 73 heavy (non-hydrogen) atoms. The largest absolute Gasteiger partial charge is 0.309 e. The Labute approximate surface area is 423 Å². The molecule has 0 N–H and O–H groups in total. The maximum atomic E-state index is 5.14. The van der Waals surface area contributed by atoms with Crippen molar-refractivity contribution in [1.29, 1.82) is 0 Å². The number of hydrogen-bond donors (Lipinski definition) is 0. The molecule has 0 spiro atoms. The quantitative estimate of drug-likeness (QED) is 0.160. The minimum absolute atomic E-state index is 0.721. The van der Waals surface area contributed by atoms with Crippen LogP contribution < -0.4 is 0 Å². The molecule has 0 aliphatic carbocycles. The van der Waals surface area contributed by atoms with Crippen molar-refractivity contribution in [3.05, 3.63) is 247 Å². The highest BCUT2D eigenvalue weighted by atomic mass is 15.0. The maximum absolute atomic E-state index is 5.14. The number of benzene rings is 10. The SMILES string of the molecule is Cc1cccc(-c2cc(-c3ccc(-c4ccc(-n5c6ccc(-n7c8ccccc8c8cc(C)ccc87)cc6c6cc(-n7c8ccccc8c8cc(C)ccc87)ccc65)cc4)cc3)nc(-c3cccc(C)c3)n2)c1. The lowest BCUT2D eigenvalue weighted by Gasteiger charge is -2.12. The van der Waals surface area contributed by atoms with E-state index < -0.39 is 0 Å². The van der Waals surface area contributed by atoms with Gasteiger partial charge in [0.1, 0.15) is 0 Å². The topological polar surface area (TPSA) is 40.6 Å². The van der Waals surface area contributed by atoms with E-state index in [1.54, 1.807) is 0 Å².